The molecule has 1 saturated heterocycles. The number of alkyl halides is 2. The van der Waals surface area contributed by atoms with Crippen LogP contribution in [0.4, 0.5) is 19.3 Å². The number of nitrogens with zero attached hydrogens (tertiary/aromatic N) is 3. The van der Waals surface area contributed by atoms with E-state index in [0.717, 1.165) is 48.0 Å². The van der Waals surface area contributed by atoms with Crippen molar-refractivity contribution < 1.29 is 33.0 Å². The Bertz CT molecular complexity index is 1330. The zero-order valence-corrected chi connectivity index (χ0v) is 21.4. The van der Waals surface area contributed by atoms with Gasteiger partial charge in [-0.25, -0.2) is 18.6 Å². The van der Waals surface area contributed by atoms with E-state index in [1.807, 2.05) is 19.1 Å². The number of halogens is 2. The fraction of sp³-hybridized carbons (Fsp3) is 0.464. The third-order valence-corrected chi connectivity index (χ3v) is 7.68. The number of benzene rings is 2. The number of imidazole rings is 1. The molecule has 5 rings (SSSR count). The van der Waals surface area contributed by atoms with Crippen LogP contribution in [0, 0.1) is 0 Å². The maximum Gasteiger partial charge on any atom is 0.414 e. The van der Waals surface area contributed by atoms with Gasteiger partial charge in [-0.3, -0.25) is 9.69 Å². The number of fused-ring (bicyclic) bond motifs is 3. The summed E-state index contributed by atoms with van der Waals surface area (Å²) in [7, 11) is 1.36. The van der Waals surface area contributed by atoms with Gasteiger partial charge in [0.1, 0.15) is 5.82 Å². The number of anilines is 1. The minimum atomic E-state index is -2.62. The second kappa shape index (κ2) is 10.7. The van der Waals surface area contributed by atoms with Gasteiger partial charge in [0.25, 0.3) is 6.43 Å². The lowest BCUT2D eigenvalue weighted by Crippen LogP contribution is -2.42. The summed E-state index contributed by atoms with van der Waals surface area (Å²) in [5, 5.41) is 10.1. The zero-order chi connectivity index (χ0) is 27.0. The molecule has 3 aromatic rings. The molecule has 38 heavy (non-hydrogen) atoms. The number of hydrogen-bond donors (Lipinski definition) is 1. The molecule has 0 unspecified atom stereocenters. The molecule has 2 aliphatic rings. The van der Waals surface area contributed by atoms with Crippen LogP contribution in [0.3, 0.4) is 0 Å². The molecule has 0 spiro atoms. The molecule has 1 aromatic heterocycles. The number of amides is 1. The van der Waals surface area contributed by atoms with Crippen molar-refractivity contribution in [1.82, 2.24) is 9.55 Å². The molecular weight excluding hydrogens is 496 g/mol. The van der Waals surface area contributed by atoms with Gasteiger partial charge in [-0.1, -0.05) is 24.3 Å². The van der Waals surface area contributed by atoms with E-state index in [-0.39, 0.29) is 24.1 Å². The summed E-state index contributed by atoms with van der Waals surface area (Å²) in [6.07, 6.45) is 0.222. The standard InChI is InChI=1S/C28H31F2N3O5/c1-16-5-10-20-22(32(16)28(36)37-2)11-12-23-25(20)31-24(33(23)19-4-3-13-38-15-19)14-21(27(34)35)17-6-8-18(9-7-17)26(29)30/h6-9,11-12,16,19,21,26H,3-5,10,13-15H2,1-2H3,(H,34,35)/t16-,19-,21+/m0/s1. The highest BCUT2D eigenvalue weighted by molar-refractivity contribution is 5.95. The van der Waals surface area contributed by atoms with E-state index in [1.165, 1.54) is 31.4 Å². The van der Waals surface area contributed by atoms with Gasteiger partial charge in [0, 0.05) is 30.2 Å². The van der Waals surface area contributed by atoms with Crippen LogP contribution in [-0.4, -0.2) is 53.1 Å². The van der Waals surface area contributed by atoms with E-state index in [0.29, 0.717) is 24.6 Å². The van der Waals surface area contributed by atoms with Crippen LogP contribution in [0.2, 0.25) is 0 Å². The number of hydrogen-bond acceptors (Lipinski definition) is 5. The van der Waals surface area contributed by atoms with Gasteiger partial charge in [-0.05, 0) is 50.3 Å². The highest BCUT2D eigenvalue weighted by atomic mass is 19.3. The fourth-order valence-electron chi connectivity index (χ4n) is 5.71. The molecular formula is C28H31F2N3O5. The number of carboxylic acid groups (broad SMARTS) is 1. The molecule has 2 aliphatic heterocycles. The molecule has 2 aromatic carbocycles. The minimum Gasteiger partial charge on any atom is -0.481 e. The van der Waals surface area contributed by atoms with E-state index in [2.05, 4.69) is 4.57 Å². The molecule has 10 heteroatoms. The second-order valence-corrected chi connectivity index (χ2v) is 9.99. The van der Waals surface area contributed by atoms with E-state index in [9.17, 15) is 23.5 Å². The Morgan fingerprint density at radius 2 is 1.89 bits per heavy atom. The third-order valence-electron chi connectivity index (χ3n) is 7.68. The average molecular weight is 528 g/mol. The summed E-state index contributed by atoms with van der Waals surface area (Å²) in [5.41, 5.74) is 3.56. The van der Waals surface area contributed by atoms with Gasteiger partial charge >= 0.3 is 12.1 Å². The maximum atomic E-state index is 13.1. The largest absolute Gasteiger partial charge is 0.481 e. The highest BCUT2D eigenvalue weighted by Gasteiger charge is 2.33. The van der Waals surface area contributed by atoms with Crippen molar-refractivity contribution in [3.8, 4) is 0 Å². The van der Waals surface area contributed by atoms with Crippen molar-refractivity contribution in [3.05, 3.63) is 58.9 Å². The Morgan fingerprint density at radius 3 is 2.53 bits per heavy atom. The number of aromatic nitrogens is 2. The van der Waals surface area contributed by atoms with Gasteiger partial charge < -0.3 is 19.1 Å². The smallest absolute Gasteiger partial charge is 0.414 e. The Hall–Kier alpha value is -3.53. The van der Waals surface area contributed by atoms with Crippen molar-refractivity contribution in [2.45, 2.75) is 63.5 Å². The van der Waals surface area contributed by atoms with Gasteiger partial charge in [0.15, 0.2) is 0 Å². The maximum absolute atomic E-state index is 13.1. The summed E-state index contributed by atoms with van der Waals surface area (Å²) < 4.78 is 39.0. The monoisotopic (exact) mass is 527 g/mol. The predicted octanol–water partition coefficient (Wildman–Crippen LogP) is 5.64. The number of carboxylic acids is 1. The second-order valence-electron chi connectivity index (χ2n) is 9.99. The van der Waals surface area contributed by atoms with Crippen LogP contribution in [0.25, 0.3) is 11.0 Å². The molecule has 0 radical (unpaired) electrons. The first-order chi connectivity index (χ1) is 18.3. The van der Waals surface area contributed by atoms with Crippen molar-refractivity contribution in [2.24, 2.45) is 0 Å². The number of ether oxygens (including phenoxy) is 2. The molecule has 1 N–H and O–H groups in total. The molecule has 0 aliphatic carbocycles. The molecule has 0 saturated carbocycles. The zero-order valence-electron chi connectivity index (χ0n) is 21.4. The first-order valence-corrected chi connectivity index (χ1v) is 12.9. The third kappa shape index (κ3) is 4.73. The van der Waals surface area contributed by atoms with Crippen molar-refractivity contribution in [3.63, 3.8) is 0 Å². The molecule has 1 amide bonds. The predicted molar refractivity (Wildman–Crippen MR) is 137 cm³/mol. The molecule has 1 fully saturated rings. The number of methoxy groups -OCH3 is 1. The number of aliphatic carboxylic acids is 1. The van der Waals surface area contributed by atoms with Crippen molar-refractivity contribution in [2.75, 3.05) is 25.2 Å². The summed E-state index contributed by atoms with van der Waals surface area (Å²) in [4.78, 5) is 31.6. The highest BCUT2D eigenvalue weighted by Crippen LogP contribution is 2.39. The van der Waals surface area contributed by atoms with Crippen LogP contribution >= 0.6 is 0 Å². The van der Waals surface area contributed by atoms with Crippen LogP contribution in [0.1, 0.15) is 67.1 Å². The van der Waals surface area contributed by atoms with Gasteiger partial charge in [0.2, 0.25) is 0 Å². The van der Waals surface area contributed by atoms with Crippen LogP contribution in [-0.2, 0) is 27.1 Å². The lowest BCUT2D eigenvalue weighted by atomic mass is 9.94. The molecule has 3 atom stereocenters. The summed E-state index contributed by atoms with van der Waals surface area (Å²) in [6, 6.07) is 9.24. The van der Waals surface area contributed by atoms with Crippen LogP contribution in [0.15, 0.2) is 36.4 Å². The number of carbonyl (C=O) groups excluding carboxylic acids is 1. The first kappa shape index (κ1) is 26.1. The van der Waals surface area contributed by atoms with Crippen LogP contribution < -0.4 is 4.90 Å². The Labute approximate surface area is 219 Å². The Kier molecular flexibility index (Phi) is 7.34. The van der Waals surface area contributed by atoms with E-state index < -0.39 is 24.4 Å². The van der Waals surface area contributed by atoms with Crippen molar-refractivity contribution >= 4 is 28.8 Å². The summed E-state index contributed by atoms with van der Waals surface area (Å²) in [5.74, 6) is -1.43. The van der Waals surface area contributed by atoms with Gasteiger partial charge in [0.05, 0.1) is 42.4 Å². The van der Waals surface area contributed by atoms with E-state index in [1.54, 1.807) is 4.90 Å². The fourth-order valence-corrected chi connectivity index (χ4v) is 5.71. The summed E-state index contributed by atoms with van der Waals surface area (Å²) in [6.45, 7) is 3.14. The summed E-state index contributed by atoms with van der Waals surface area (Å²) >= 11 is 0. The van der Waals surface area contributed by atoms with Gasteiger partial charge in [-0.15, -0.1) is 0 Å². The minimum absolute atomic E-state index is 0.0170. The van der Waals surface area contributed by atoms with Crippen molar-refractivity contribution in [1.29, 1.82) is 0 Å². The first-order valence-electron chi connectivity index (χ1n) is 12.9. The Balaban J connectivity index is 1.62. The van der Waals surface area contributed by atoms with E-state index in [4.69, 9.17) is 14.5 Å². The SMILES string of the molecule is COC(=O)N1c2ccc3c(nc(C[C@@H](C(=O)O)c4ccc(C(F)F)cc4)n3[C@H]3CCCOC3)c2CC[C@@H]1C. The molecule has 202 valence electrons. The van der Waals surface area contributed by atoms with Gasteiger partial charge in [-0.2, -0.15) is 0 Å². The van der Waals surface area contributed by atoms with Crippen LogP contribution in [0.5, 0.6) is 0 Å². The number of carbonyl (C=O) groups is 2. The van der Waals surface area contributed by atoms with E-state index >= 15 is 0 Å². The number of rotatable bonds is 6. The lowest BCUT2D eigenvalue weighted by Gasteiger charge is -2.34. The molecule has 3 heterocycles. The average Bonchev–Trinajstić information content (AvgIpc) is 3.30. The topological polar surface area (TPSA) is 93.9 Å². The lowest BCUT2D eigenvalue weighted by molar-refractivity contribution is -0.138. The molecule has 0 bridgehead atoms. The normalized spacial score (nSPS) is 20.4. The molecule has 8 nitrogen and oxygen atoms in total. The Morgan fingerprint density at radius 1 is 1.16 bits per heavy atom. The quantitative estimate of drug-likeness (QED) is 0.446. The number of aryl methyl sites for hydroxylation is 1.